The maximum atomic E-state index is 6.36. The summed E-state index contributed by atoms with van der Waals surface area (Å²) >= 11 is 8.85. The van der Waals surface area contributed by atoms with Crippen LogP contribution < -0.4 is 5.73 Å². The van der Waals surface area contributed by atoms with Crippen molar-refractivity contribution in [2.45, 2.75) is 38.1 Å². The number of hydrogen-bond acceptors (Lipinski definition) is 2. The first kappa shape index (κ1) is 12.6. The summed E-state index contributed by atoms with van der Waals surface area (Å²) in [5, 5.41) is 0. The summed E-state index contributed by atoms with van der Waals surface area (Å²) in [4.78, 5) is 1.31. The fraction of sp³-hybridized carbons (Fsp3) is 0.692. The standard InChI is InChI=1S/C13H17Br2NS/c14-10-6-12(17-13(10)15)11(16)5-9-4-7-1-2-8(9)3-7/h6-9,11H,1-5,16H2. The zero-order chi connectivity index (χ0) is 12.0. The van der Waals surface area contributed by atoms with Gasteiger partial charge in [-0.25, -0.2) is 0 Å². The Hall–Kier alpha value is 0.620. The lowest BCUT2D eigenvalue weighted by atomic mass is 9.84. The Kier molecular flexibility index (Phi) is 3.68. The molecule has 1 heterocycles. The van der Waals surface area contributed by atoms with Crippen molar-refractivity contribution in [3.63, 3.8) is 0 Å². The van der Waals surface area contributed by atoms with Crippen molar-refractivity contribution in [3.8, 4) is 0 Å². The molecule has 2 N–H and O–H groups in total. The van der Waals surface area contributed by atoms with E-state index in [0.717, 1.165) is 26.0 Å². The van der Waals surface area contributed by atoms with Gasteiger partial charge in [-0.1, -0.05) is 6.42 Å². The second-order valence-corrected chi connectivity index (χ2v) is 8.80. The van der Waals surface area contributed by atoms with E-state index in [1.807, 2.05) is 0 Å². The van der Waals surface area contributed by atoms with E-state index in [2.05, 4.69) is 37.9 Å². The largest absolute Gasteiger partial charge is 0.323 e. The van der Waals surface area contributed by atoms with Crippen molar-refractivity contribution in [1.29, 1.82) is 0 Å². The van der Waals surface area contributed by atoms with E-state index in [1.54, 1.807) is 11.3 Å². The van der Waals surface area contributed by atoms with Gasteiger partial charge in [0.25, 0.3) is 0 Å². The molecule has 4 atom stereocenters. The monoisotopic (exact) mass is 377 g/mol. The van der Waals surface area contributed by atoms with Crippen LogP contribution in [0.25, 0.3) is 0 Å². The molecular weight excluding hydrogens is 362 g/mol. The Labute approximate surface area is 123 Å². The average Bonchev–Trinajstić information content (AvgIpc) is 2.95. The first-order chi connectivity index (χ1) is 8.13. The third kappa shape index (κ3) is 2.51. The van der Waals surface area contributed by atoms with Crippen molar-refractivity contribution in [2.75, 3.05) is 0 Å². The minimum absolute atomic E-state index is 0.229. The summed E-state index contributed by atoms with van der Waals surface area (Å²) in [5.41, 5.74) is 6.36. The van der Waals surface area contributed by atoms with Gasteiger partial charge in [-0.3, -0.25) is 0 Å². The molecule has 1 aromatic rings. The molecule has 94 valence electrons. The molecule has 2 aliphatic carbocycles. The van der Waals surface area contributed by atoms with Crippen LogP contribution in [0.2, 0.25) is 0 Å². The fourth-order valence-electron chi connectivity index (χ4n) is 3.65. The van der Waals surface area contributed by atoms with Gasteiger partial charge in [0.2, 0.25) is 0 Å². The first-order valence-corrected chi connectivity index (χ1v) is 8.74. The van der Waals surface area contributed by atoms with Crippen molar-refractivity contribution in [3.05, 3.63) is 19.2 Å². The predicted octanol–water partition coefficient (Wildman–Crippen LogP) is 5.10. The summed E-state index contributed by atoms with van der Waals surface area (Å²) < 4.78 is 2.30. The lowest BCUT2D eigenvalue weighted by Crippen LogP contribution is -2.18. The van der Waals surface area contributed by atoms with Crippen LogP contribution in [0.15, 0.2) is 14.3 Å². The van der Waals surface area contributed by atoms with Crippen LogP contribution in [0.1, 0.15) is 43.0 Å². The number of fused-ring (bicyclic) bond motifs is 2. The molecule has 4 heteroatoms. The smallest absolute Gasteiger partial charge is 0.0843 e. The number of thiophene rings is 1. The maximum Gasteiger partial charge on any atom is 0.0843 e. The van der Waals surface area contributed by atoms with Crippen molar-refractivity contribution >= 4 is 43.2 Å². The SMILES string of the molecule is NC(CC1CC2CCC1C2)c1cc(Br)c(Br)s1. The predicted molar refractivity (Wildman–Crippen MR) is 80.2 cm³/mol. The van der Waals surface area contributed by atoms with E-state index < -0.39 is 0 Å². The first-order valence-electron chi connectivity index (χ1n) is 6.33. The highest BCUT2D eigenvalue weighted by Crippen LogP contribution is 2.51. The third-order valence-corrected chi connectivity index (χ3v) is 7.86. The molecule has 0 saturated heterocycles. The van der Waals surface area contributed by atoms with E-state index in [0.29, 0.717) is 0 Å². The summed E-state index contributed by atoms with van der Waals surface area (Å²) in [5.74, 6) is 2.90. The van der Waals surface area contributed by atoms with Crippen LogP contribution in [-0.4, -0.2) is 0 Å². The highest BCUT2D eigenvalue weighted by atomic mass is 79.9. The third-order valence-electron chi connectivity index (χ3n) is 4.47. The van der Waals surface area contributed by atoms with Crippen LogP contribution in [0, 0.1) is 17.8 Å². The van der Waals surface area contributed by atoms with E-state index in [-0.39, 0.29) is 6.04 Å². The van der Waals surface area contributed by atoms with Crippen LogP contribution >= 0.6 is 43.2 Å². The summed E-state index contributed by atoms with van der Waals surface area (Å²) in [6.07, 6.45) is 7.04. The Bertz CT molecular complexity index is 398. The molecule has 1 nitrogen and oxygen atoms in total. The molecule has 2 aliphatic rings. The normalized spacial score (nSPS) is 33.2. The van der Waals surface area contributed by atoms with Crippen molar-refractivity contribution < 1.29 is 0 Å². The van der Waals surface area contributed by atoms with Gasteiger partial charge >= 0.3 is 0 Å². The molecule has 0 amide bonds. The number of halogens is 2. The van der Waals surface area contributed by atoms with Crippen LogP contribution in [0.3, 0.4) is 0 Å². The average molecular weight is 379 g/mol. The molecule has 0 aromatic carbocycles. The molecule has 3 rings (SSSR count). The lowest BCUT2D eigenvalue weighted by Gasteiger charge is -2.24. The Balaban J connectivity index is 1.65. The van der Waals surface area contributed by atoms with Gasteiger partial charge in [0.15, 0.2) is 0 Å². The minimum atomic E-state index is 0.229. The minimum Gasteiger partial charge on any atom is -0.323 e. The molecule has 17 heavy (non-hydrogen) atoms. The second-order valence-electron chi connectivity index (χ2n) is 5.55. The number of rotatable bonds is 3. The molecule has 2 fully saturated rings. The lowest BCUT2D eigenvalue weighted by molar-refractivity contribution is 0.297. The Morgan fingerprint density at radius 2 is 2.18 bits per heavy atom. The van der Waals surface area contributed by atoms with Gasteiger partial charge in [0.1, 0.15) is 0 Å². The molecule has 0 aliphatic heterocycles. The van der Waals surface area contributed by atoms with E-state index >= 15 is 0 Å². The van der Waals surface area contributed by atoms with Crippen LogP contribution in [-0.2, 0) is 0 Å². The topological polar surface area (TPSA) is 26.0 Å². The van der Waals surface area contributed by atoms with Crippen molar-refractivity contribution in [2.24, 2.45) is 23.5 Å². The van der Waals surface area contributed by atoms with Gasteiger partial charge in [0, 0.05) is 15.4 Å². The highest BCUT2D eigenvalue weighted by Gasteiger charge is 2.39. The molecular formula is C13H17Br2NS. The Morgan fingerprint density at radius 3 is 2.71 bits per heavy atom. The fourth-order valence-corrected chi connectivity index (χ4v) is 5.76. The quantitative estimate of drug-likeness (QED) is 0.777. The van der Waals surface area contributed by atoms with Gasteiger partial charge in [-0.15, -0.1) is 11.3 Å². The van der Waals surface area contributed by atoms with Crippen LogP contribution in [0.4, 0.5) is 0 Å². The Morgan fingerprint density at radius 1 is 1.35 bits per heavy atom. The van der Waals surface area contributed by atoms with Gasteiger partial charge in [0.05, 0.1) is 3.79 Å². The van der Waals surface area contributed by atoms with Gasteiger partial charge in [-0.05, 0) is 81.4 Å². The second kappa shape index (κ2) is 4.95. The van der Waals surface area contributed by atoms with Gasteiger partial charge in [-0.2, -0.15) is 0 Å². The van der Waals surface area contributed by atoms with E-state index in [1.165, 1.54) is 37.0 Å². The zero-order valence-electron chi connectivity index (χ0n) is 9.66. The molecule has 0 radical (unpaired) electrons. The number of hydrogen-bond donors (Lipinski definition) is 1. The summed E-state index contributed by atoms with van der Waals surface area (Å²) in [7, 11) is 0. The molecule has 2 saturated carbocycles. The van der Waals surface area contributed by atoms with Crippen LogP contribution in [0.5, 0.6) is 0 Å². The zero-order valence-corrected chi connectivity index (χ0v) is 13.7. The number of nitrogens with two attached hydrogens (primary N) is 1. The molecule has 0 spiro atoms. The highest BCUT2D eigenvalue weighted by molar-refractivity contribution is 9.13. The molecule has 1 aromatic heterocycles. The van der Waals surface area contributed by atoms with Crippen molar-refractivity contribution in [1.82, 2.24) is 0 Å². The summed E-state index contributed by atoms with van der Waals surface area (Å²) in [6.45, 7) is 0. The molecule has 2 bridgehead atoms. The van der Waals surface area contributed by atoms with E-state index in [9.17, 15) is 0 Å². The maximum absolute atomic E-state index is 6.36. The summed E-state index contributed by atoms with van der Waals surface area (Å²) in [6, 6.07) is 2.40. The van der Waals surface area contributed by atoms with E-state index in [4.69, 9.17) is 5.73 Å². The van der Waals surface area contributed by atoms with Gasteiger partial charge < -0.3 is 5.73 Å². The molecule has 4 unspecified atom stereocenters.